The molecule has 3 rings (SSSR count). The zero-order valence-corrected chi connectivity index (χ0v) is 15.0. The van der Waals surface area contributed by atoms with Crippen molar-refractivity contribution in [2.45, 2.75) is 25.3 Å². The number of hydrogen-bond acceptors (Lipinski definition) is 4. The summed E-state index contributed by atoms with van der Waals surface area (Å²) in [6.45, 7) is 0.346. The molecule has 0 saturated carbocycles. The minimum absolute atomic E-state index is 0.0775. The predicted molar refractivity (Wildman–Crippen MR) is 94.9 cm³/mol. The molecule has 5 nitrogen and oxygen atoms in total. The third-order valence-corrected chi connectivity index (χ3v) is 4.45. The second-order valence-electron chi connectivity index (χ2n) is 6.45. The molecule has 0 radical (unpaired) electrons. The highest BCUT2D eigenvalue weighted by Gasteiger charge is 2.36. The van der Waals surface area contributed by atoms with E-state index < -0.39 is 17.8 Å². The second-order valence-corrected chi connectivity index (χ2v) is 6.45. The molecule has 1 N–H and O–H groups in total. The minimum Gasteiger partial charge on any atom is -0.488 e. The van der Waals surface area contributed by atoms with Crippen LogP contribution in [0.5, 0.6) is 11.5 Å². The van der Waals surface area contributed by atoms with Crippen LogP contribution in [0.2, 0.25) is 0 Å². The van der Waals surface area contributed by atoms with Gasteiger partial charge in [0.1, 0.15) is 17.6 Å². The largest absolute Gasteiger partial charge is 0.488 e. The van der Waals surface area contributed by atoms with Gasteiger partial charge in [-0.25, -0.2) is 0 Å². The zero-order chi connectivity index (χ0) is 20.1. The first-order chi connectivity index (χ1) is 13.4. The number of hydrogen-bond donors (Lipinski definition) is 1. The highest BCUT2D eigenvalue weighted by Crippen LogP contribution is 2.36. The summed E-state index contributed by atoms with van der Waals surface area (Å²) in [4.78, 5) is 13.8. The summed E-state index contributed by atoms with van der Waals surface area (Å²) >= 11 is 0. The van der Waals surface area contributed by atoms with Gasteiger partial charge in [0.05, 0.1) is 18.7 Å². The number of rotatable bonds is 6. The summed E-state index contributed by atoms with van der Waals surface area (Å²) in [5.41, 5.74) is -0.0909. The number of ether oxygens (including phenoxy) is 2. The molecule has 1 amide bonds. The maximum atomic E-state index is 13.1. The van der Waals surface area contributed by atoms with Gasteiger partial charge in [0, 0.05) is 13.0 Å². The van der Waals surface area contributed by atoms with Gasteiger partial charge in [-0.2, -0.15) is 13.2 Å². The Hall–Kier alpha value is -2.74. The summed E-state index contributed by atoms with van der Waals surface area (Å²) in [7, 11) is 0. The van der Waals surface area contributed by atoms with Gasteiger partial charge in [-0.15, -0.1) is 0 Å². The number of benzene rings is 2. The summed E-state index contributed by atoms with van der Waals surface area (Å²) in [5, 5.41) is 9.01. The average Bonchev–Trinajstić information content (AvgIpc) is 3.14. The van der Waals surface area contributed by atoms with Crippen molar-refractivity contribution in [1.82, 2.24) is 4.90 Å². The lowest BCUT2D eigenvalue weighted by atomic mass is 10.2. The smallest absolute Gasteiger partial charge is 0.419 e. The van der Waals surface area contributed by atoms with Crippen molar-refractivity contribution in [1.29, 1.82) is 0 Å². The van der Waals surface area contributed by atoms with Crippen LogP contribution in [0.25, 0.3) is 0 Å². The second kappa shape index (κ2) is 8.52. The fraction of sp³-hybridized carbons (Fsp3) is 0.350. The molecule has 1 aliphatic heterocycles. The first-order valence-corrected chi connectivity index (χ1v) is 8.80. The van der Waals surface area contributed by atoms with Crippen LogP contribution in [-0.2, 0) is 17.6 Å². The van der Waals surface area contributed by atoms with Crippen molar-refractivity contribution in [2.24, 2.45) is 0 Å². The average molecular weight is 395 g/mol. The van der Waals surface area contributed by atoms with Crippen LogP contribution < -0.4 is 9.47 Å². The molecule has 2 aromatic rings. The van der Waals surface area contributed by atoms with Gasteiger partial charge in [-0.3, -0.25) is 4.79 Å². The Bertz CT molecular complexity index is 808. The minimum atomic E-state index is -4.50. The number of alkyl halides is 3. The van der Waals surface area contributed by atoms with Gasteiger partial charge in [0.25, 0.3) is 5.91 Å². The Balaban J connectivity index is 1.53. The monoisotopic (exact) mass is 395 g/mol. The number of likely N-dealkylation sites (tertiary alicyclic amines) is 1. The normalized spacial score (nSPS) is 16.9. The SMILES string of the molecule is O=C(COc1ccc(CO)cc1)N1CC[C@@H](Oc2ccccc2C(F)(F)F)C1. The quantitative estimate of drug-likeness (QED) is 0.816. The van der Waals surface area contributed by atoms with Gasteiger partial charge in [-0.05, 0) is 29.8 Å². The van der Waals surface area contributed by atoms with E-state index in [4.69, 9.17) is 14.6 Å². The van der Waals surface area contributed by atoms with Crippen molar-refractivity contribution in [3.63, 3.8) is 0 Å². The molecule has 0 unspecified atom stereocenters. The van der Waals surface area contributed by atoms with Crippen LogP contribution in [0.1, 0.15) is 17.5 Å². The molecule has 1 fully saturated rings. The molecule has 1 saturated heterocycles. The standard InChI is InChI=1S/C20H20F3NO4/c21-20(22,23)17-3-1-2-4-18(17)28-16-9-10-24(11-16)19(26)13-27-15-7-5-14(12-25)6-8-15/h1-8,16,25H,9-13H2/t16-/m1/s1. The van der Waals surface area contributed by atoms with Crippen LogP contribution in [-0.4, -0.2) is 41.7 Å². The summed E-state index contributed by atoms with van der Waals surface area (Å²) in [6.07, 6.45) is -4.55. The lowest BCUT2D eigenvalue weighted by Crippen LogP contribution is -2.34. The molecule has 1 atom stereocenters. The fourth-order valence-corrected chi connectivity index (χ4v) is 2.96. The van der Waals surface area contributed by atoms with E-state index >= 15 is 0 Å². The molecule has 1 aliphatic rings. The molecule has 0 bridgehead atoms. The molecule has 2 aromatic carbocycles. The molecule has 1 heterocycles. The first kappa shape index (κ1) is 20.0. The van der Waals surface area contributed by atoms with E-state index in [9.17, 15) is 18.0 Å². The first-order valence-electron chi connectivity index (χ1n) is 8.80. The van der Waals surface area contributed by atoms with E-state index in [0.717, 1.165) is 11.6 Å². The van der Waals surface area contributed by atoms with Crippen LogP contribution in [0, 0.1) is 0 Å². The maximum Gasteiger partial charge on any atom is 0.419 e. The number of aliphatic hydroxyl groups is 1. The van der Waals surface area contributed by atoms with Crippen molar-refractivity contribution in [2.75, 3.05) is 19.7 Å². The van der Waals surface area contributed by atoms with Crippen LogP contribution in [0.4, 0.5) is 13.2 Å². The number of carbonyl (C=O) groups excluding carboxylic acids is 1. The number of amides is 1. The summed E-state index contributed by atoms with van der Waals surface area (Å²) in [5.74, 6) is 0.00705. The van der Waals surface area contributed by atoms with E-state index in [1.807, 2.05) is 0 Å². The fourth-order valence-electron chi connectivity index (χ4n) is 2.96. The van der Waals surface area contributed by atoms with Gasteiger partial charge < -0.3 is 19.5 Å². The Morgan fingerprint density at radius 3 is 2.54 bits per heavy atom. The number of halogens is 3. The van der Waals surface area contributed by atoms with E-state index in [1.165, 1.54) is 23.1 Å². The Labute approximate surface area is 160 Å². The topological polar surface area (TPSA) is 59.0 Å². The number of carbonyl (C=O) groups is 1. The molecule has 150 valence electrons. The van der Waals surface area contributed by atoms with Gasteiger partial charge >= 0.3 is 6.18 Å². The predicted octanol–water partition coefficient (Wildman–Crippen LogP) is 3.26. The lowest BCUT2D eigenvalue weighted by molar-refractivity contribution is -0.139. The van der Waals surface area contributed by atoms with Crippen molar-refractivity contribution in [3.8, 4) is 11.5 Å². The van der Waals surface area contributed by atoms with Crippen molar-refractivity contribution in [3.05, 3.63) is 59.7 Å². The van der Waals surface area contributed by atoms with Crippen LogP contribution >= 0.6 is 0 Å². The van der Waals surface area contributed by atoms with Gasteiger partial charge in [-0.1, -0.05) is 24.3 Å². The Morgan fingerprint density at radius 1 is 1.14 bits per heavy atom. The Morgan fingerprint density at radius 2 is 1.86 bits per heavy atom. The maximum absolute atomic E-state index is 13.1. The van der Waals surface area contributed by atoms with Gasteiger partial charge in [0.2, 0.25) is 0 Å². The number of nitrogens with zero attached hydrogens (tertiary/aromatic N) is 1. The van der Waals surface area contributed by atoms with Crippen LogP contribution in [0.3, 0.4) is 0 Å². The zero-order valence-electron chi connectivity index (χ0n) is 15.0. The lowest BCUT2D eigenvalue weighted by Gasteiger charge is -2.19. The highest BCUT2D eigenvalue weighted by atomic mass is 19.4. The van der Waals surface area contributed by atoms with E-state index in [1.54, 1.807) is 24.3 Å². The molecule has 0 aromatic heterocycles. The molecular formula is C20H20F3NO4. The Kier molecular flexibility index (Phi) is 6.08. The van der Waals surface area contributed by atoms with E-state index in [0.29, 0.717) is 18.7 Å². The molecule has 28 heavy (non-hydrogen) atoms. The third-order valence-electron chi connectivity index (χ3n) is 4.45. The number of aliphatic hydroxyl groups excluding tert-OH is 1. The molecular weight excluding hydrogens is 375 g/mol. The van der Waals surface area contributed by atoms with Crippen molar-refractivity contribution < 1.29 is 32.5 Å². The molecule has 8 heteroatoms. The van der Waals surface area contributed by atoms with E-state index in [2.05, 4.69) is 0 Å². The molecule has 0 aliphatic carbocycles. The number of para-hydroxylation sites is 1. The van der Waals surface area contributed by atoms with Crippen LogP contribution in [0.15, 0.2) is 48.5 Å². The summed E-state index contributed by atoms with van der Waals surface area (Å²) < 4.78 is 50.1. The van der Waals surface area contributed by atoms with Crippen molar-refractivity contribution >= 4 is 5.91 Å². The summed E-state index contributed by atoms with van der Waals surface area (Å²) in [6, 6.07) is 11.7. The van der Waals surface area contributed by atoms with Gasteiger partial charge in [0.15, 0.2) is 6.61 Å². The van der Waals surface area contributed by atoms with E-state index in [-0.39, 0.29) is 31.4 Å². The molecule has 0 spiro atoms. The third kappa shape index (κ3) is 4.95. The highest BCUT2D eigenvalue weighted by molar-refractivity contribution is 5.78.